The Kier molecular flexibility index (Phi) is 2.31. The Morgan fingerprint density at radius 3 is 2.73 bits per heavy atom. The van der Waals surface area contributed by atoms with E-state index in [4.69, 9.17) is 28.3 Å². The summed E-state index contributed by atoms with van der Waals surface area (Å²) in [6.45, 7) is 0. The van der Waals surface area contributed by atoms with Crippen molar-refractivity contribution in [2.45, 2.75) is 0 Å². The zero-order chi connectivity index (χ0) is 8.43. The van der Waals surface area contributed by atoms with Gasteiger partial charge in [0.1, 0.15) is 0 Å². The van der Waals surface area contributed by atoms with E-state index in [0.29, 0.717) is 0 Å². The lowest BCUT2D eigenvalue weighted by Gasteiger charge is -1.97. The summed E-state index contributed by atoms with van der Waals surface area (Å²) in [5, 5.41) is 8.30. The predicted molar refractivity (Wildman–Crippen MR) is 41.1 cm³/mol. The summed E-state index contributed by atoms with van der Waals surface area (Å²) in [6, 6.07) is 1.36. The number of carbonyl (C=O) groups excluding carboxylic acids is 1. The average Bonchev–Trinajstić information content (AvgIpc) is 1.94. The van der Waals surface area contributed by atoms with Gasteiger partial charge in [0.25, 0.3) is 5.24 Å². The smallest absolute Gasteiger partial charge is 0.274 e. The van der Waals surface area contributed by atoms with Crippen LogP contribution in [0.4, 0.5) is 0 Å². The van der Waals surface area contributed by atoms with Crippen LogP contribution in [0.15, 0.2) is 12.3 Å². The van der Waals surface area contributed by atoms with Gasteiger partial charge in [0, 0.05) is 6.20 Å². The molecule has 0 radical (unpaired) electrons. The van der Waals surface area contributed by atoms with Gasteiger partial charge in [-0.15, -0.1) is 0 Å². The van der Waals surface area contributed by atoms with Crippen molar-refractivity contribution in [3.05, 3.63) is 23.0 Å². The Hall–Kier alpha value is -0.800. The number of pyridine rings is 1. The fourth-order valence-electron chi connectivity index (χ4n) is 0.574. The molecule has 0 saturated carbocycles. The number of nitrogens with zero attached hydrogens (tertiary/aromatic N) is 1. The van der Waals surface area contributed by atoms with Crippen LogP contribution >= 0.6 is 23.2 Å². The topological polar surface area (TPSA) is 50.2 Å². The van der Waals surface area contributed by atoms with Gasteiger partial charge in [-0.3, -0.25) is 4.79 Å². The molecule has 0 atom stereocenters. The molecule has 1 rings (SSSR count). The highest BCUT2D eigenvalue weighted by Gasteiger charge is 2.11. The highest BCUT2D eigenvalue weighted by atomic mass is 35.5. The Labute approximate surface area is 72.6 Å². The predicted octanol–water partition coefficient (Wildman–Crippen LogP) is 1.82. The molecule has 0 spiro atoms. The molecule has 0 amide bonds. The second kappa shape index (κ2) is 3.07. The van der Waals surface area contributed by atoms with E-state index in [1.54, 1.807) is 0 Å². The summed E-state index contributed by atoms with van der Waals surface area (Å²) in [5.41, 5.74) is -0.223. The van der Waals surface area contributed by atoms with Crippen LogP contribution in [0, 0.1) is 0 Å². The maximum absolute atomic E-state index is 10.5. The summed E-state index contributed by atoms with van der Waals surface area (Å²) >= 11 is 10.5. The molecule has 0 aromatic carbocycles. The van der Waals surface area contributed by atoms with Gasteiger partial charge in [-0.1, -0.05) is 11.6 Å². The van der Waals surface area contributed by atoms with Crippen molar-refractivity contribution in [1.82, 2.24) is 4.98 Å². The third-order valence-corrected chi connectivity index (χ3v) is 1.55. The monoisotopic (exact) mass is 191 g/mol. The minimum Gasteiger partial charge on any atom is -0.504 e. The van der Waals surface area contributed by atoms with Crippen molar-refractivity contribution in [1.29, 1.82) is 0 Å². The van der Waals surface area contributed by atoms with Gasteiger partial charge < -0.3 is 5.11 Å². The van der Waals surface area contributed by atoms with Crippen LogP contribution in [0.5, 0.6) is 5.75 Å². The van der Waals surface area contributed by atoms with E-state index in [9.17, 15) is 4.79 Å². The minimum atomic E-state index is -0.829. The highest BCUT2D eigenvalue weighted by Crippen LogP contribution is 2.25. The number of hydrogen-bond donors (Lipinski definition) is 1. The summed E-state index contributed by atoms with van der Waals surface area (Å²) in [5.74, 6) is -0.380. The Morgan fingerprint density at radius 2 is 2.27 bits per heavy atom. The van der Waals surface area contributed by atoms with Crippen LogP contribution < -0.4 is 0 Å². The lowest BCUT2D eigenvalue weighted by Crippen LogP contribution is -1.93. The van der Waals surface area contributed by atoms with Crippen molar-refractivity contribution >= 4 is 28.4 Å². The number of hydrogen-bond acceptors (Lipinski definition) is 3. The fourth-order valence-corrected chi connectivity index (χ4v) is 0.858. The first-order valence-corrected chi connectivity index (χ1v) is 3.42. The summed E-state index contributed by atoms with van der Waals surface area (Å²) in [7, 11) is 0. The second-order valence-electron chi connectivity index (χ2n) is 1.76. The van der Waals surface area contributed by atoms with Gasteiger partial charge in [0.05, 0.1) is 5.02 Å². The molecule has 5 heteroatoms. The van der Waals surface area contributed by atoms with Crippen molar-refractivity contribution in [3.8, 4) is 5.75 Å². The van der Waals surface area contributed by atoms with E-state index in [1.807, 2.05) is 0 Å². The molecule has 1 aromatic heterocycles. The Morgan fingerprint density at radius 1 is 1.64 bits per heavy atom. The summed E-state index contributed by atoms with van der Waals surface area (Å²) in [6.07, 6.45) is 1.29. The fraction of sp³-hybridized carbons (Fsp3) is 0. The van der Waals surface area contributed by atoms with E-state index in [-0.39, 0.29) is 16.5 Å². The van der Waals surface area contributed by atoms with Gasteiger partial charge >= 0.3 is 0 Å². The van der Waals surface area contributed by atoms with Crippen LogP contribution in [0.1, 0.15) is 10.5 Å². The molecule has 1 heterocycles. The molecule has 0 saturated heterocycles. The van der Waals surface area contributed by atoms with Crippen LogP contribution in [0.25, 0.3) is 0 Å². The summed E-state index contributed by atoms with van der Waals surface area (Å²) in [4.78, 5) is 14.0. The average molecular weight is 192 g/mol. The molecule has 0 aliphatic heterocycles. The minimum absolute atomic E-state index is 0.0593. The van der Waals surface area contributed by atoms with Crippen molar-refractivity contribution < 1.29 is 9.90 Å². The maximum Gasteiger partial charge on any atom is 0.274 e. The van der Waals surface area contributed by atoms with E-state index in [0.717, 1.165) is 0 Å². The molecule has 0 aliphatic carbocycles. The van der Waals surface area contributed by atoms with Gasteiger partial charge in [-0.25, -0.2) is 4.98 Å². The number of carbonyl (C=O) groups is 1. The van der Waals surface area contributed by atoms with Gasteiger partial charge in [-0.2, -0.15) is 0 Å². The van der Waals surface area contributed by atoms with Gasteiger partial charge in [-0.05, 0) is 17.7 Å². The Bertz CT molecular complexity index is 301. The molecule has 0 aliphatic rings. The zero-order valence-electron chi connectivity index (χ0n) is 5.21. The maximum atomic E-state index is 10.5. The third kappa shape index (κ3) is 1.61. The molecule has 3 nitrogen and oxygen atoms in total. The van der Waals surface area contributed by atoms with Crippen LogP contribution in [0.3, 0.4) is 0 Å². The molecule has 0 bridgehead atoms. The first-order valence-electron chi connectivity index (χ1n) is 2.66. The quantitative estimate of drug-likeness (QED) is 0.690. The molecule has 0 unspecified atom stereocenters. The zero-order valence-corrected chi connectivity index (χ0v) is 6.73. The lowest BCUT2D eigenvalue weighted by atomic mass is 10.3. The van der Waals surface area contributed by atoms with Crippen molar-refractivity contribution in [2.75, 3.05) is 0 Å². The lowest BCUT2D eigenvalue weighted by molar-refractivity contribution is 0.107. The van der Waals surface area contributed by atoms with Crippen LogP contribution in [0.2, 0.25) is 5.02 Å². The molecule has 11 heavy (non-hydrogen) atoms. The summed E-state index contributed by atoms with van der Waals surface area (Å²) < 4.78 is 0. The van der Waals surface area contributed by atoms with E-state index < -0.39 is 5.24 Å². The normalized spacial score (nSPS) is 9.64. The molecule has 58 valence electrons. The number of aromatic hydroxyl groups is 1. The van der Waals surface area contributed by atoms with Crippen LogP contribution in [-0.2, 0) is 0 Å². The van der Waals surface area contributed by atoms with Crippen molar-refractivity contribution in [3.63, 3.8) is 0 Å². The van der Waals surface area contributed by atoms with Crippen LogP contribution in [-0.4, -0.2) is 15.3 Å². The number of aromatic nitrogens is 1. The SMILES string of the molecule is O=C(Cl)c1nccc(Cl)c1O. The van der Waals surface area contributed by atoms with E-state index >= 15 is 0 Å². The second-order valence-corrected chi connectivity index (χ2v) is 2.51. The van der Waals surface area contributed by atoms with Crippen molar-refractivity contribution in [2.24, 2.45) is 0 Å². The first-order chi connectivity index (χ1) is 5.13. The number of rotatable bonds is 1. The van der Waals surface area contributed by atoms with E-state index in [1.165, 1.54) is 12.3 Å². The van der Waals surface area contributed by atoms with E-state index in [2.05, 4.69) is 4.98 Å². The molecule has 1 aromatic rings. The molecule has 0 fully saturated rings. The molecule has 1 N–H and O–H groups in total. The first kappa shape index (κ1) is 8.30. The van der Waals surface area contributed by atoms with Gasteiger partial charge in [0.15, 0.2) is 11.4 Å². The number of halogens is 2. The van der Waals surface area contributed by atoms with Gasteiger partial charge in [0.2, 0.25) is 0 Å². The third-order valence-electron chi connectivity index (χ3n) is 1.06. The molecular formula is C6H3Cl2NO2. The largest absolute Gasteiger partial charge is 0.504 e. The highest BCUT2D eigenvalue weighted by molar-refractivity contribution is 6.67. The Balaban J connectivity index is 3.27. The molecular weight excluding hydrogens is 189 g/mol. The standard InChI is InChI=1S/C6H3Cl2NO2/c7-3-1-2-9-4(5(3)10)6(8)11/h1-2,10H.